The van der Waals surface area contributed by atoms with Crippen molar-refractivity contribution in [2.24, 2.45) is 17.8 Å². The first-order chi connectivity index (χ1) is 9.22. The lowest BCUT2D eigenvalue weighted by atomic mass is 9.89. The van der Waals surface area contributed by atoms with E-state index in [4.69, 9.17) is 11.6 Å². The van der Waals surface area contributed by atoms with E-state index in [1.54, 1.807) is 0 Å². The van der Waals surface area contributed by atoms with Crippen molar-refractivity contribution >= 4 is 22.6 Å². The largest absolute Gasteiger partial charge is 0.323 e. The number of hydrogen-bond donors (Lipinski definition) is 2. The molecular formula is C15H17ClN2O. The van der Waals surface area contributed by atoms with Crippen molar-refractivity contribution in [2.75, 3.05) is 0 Å². The van der Waals surface area contributed by atoms with Gasteiger partial charge in [0.2, 0.25) is 0 Å². The molecule has 1 unspecified atom stereocenters. The van der Waals surface area contributed by atoms with E-state index in [1.165, 1.54) is 25.7 Å². The molecule has 0 aliphatic heterocycles. The van der Waals surface area contributed by atoms with Gasteiger partial charge in [0.05, 0.1) is 16.4 Å². The van der Waals surface area contributed by atoms with E-state index in [2.05, 4.69) is 16.0 Å². The minimum atomic E-state index is -0.154. The lowest BCUT2D eigenvalue weighted by molar-refractivity contribution is 0.391. The van der Waals surface area contributed by atoms with Crippen LogP contribution in [0.3, 0.4) is 0 Å². The van der Waals surface area contributed by atoms with Gasteiger partial charge in [-0.1, -0.05) is 6.07 Å². The van der Waals surface area contributed by atoms with E-state index >= 15 is 0 Å². The zero-order valence-electron chi connectivity index (χ0n) is 10.7. The van der Waals surface area contributed by atoms with Gasteiger partial charge in [0, 0.05) is 0 Å². The van der Waals surface area contributed by atoms with Gasteiger partial charge in [-0.25, -0.2) is 4.79 Å². The monoisotopic (exact) mass is 276 g/mol. The van der Waals surface area contributed by atoms with Gasteiger partial charge in [-0.3, -0.25) is 0 Å². The van der Waals surface area contributed by atoms with Crippen LogP contribution in [0.15, 0.2) is 23.0 Å². The number of nitrogens with one attached hydrogen (secondary N) is 2. The van der Waals surface area contributed by atoms with E-state index < -0.39 is 0 Å². The summed E-state index contributed by atoms with van der Waals surface area (Å²) in [6, 6.07) is 6.04. The molecule has 2 aliphatic carbocycles. The number of rotatable bonds is 4. The summed E-state index contributed by atoms with van der Waals surface area (Å²) in [7, 11) is 0. The summed E-state index contributed by atoms with van der Waals surface area (Å²) >= 11 is 6.75. The van der Waals surface area contributed by atoms with Gasteiger partial charge in [-0.2, -0.15) is 0 Å². The number of fused-ring (bicyclic) bond motifs is 1. The molecule has 2 aliphatic rings. The lowest BCUT2D eigenvalue weighted by Crippen LogP contribution is -2.13. The molecule has 2 fully saturated rings. The second-order valence-corrected chi connectivity index (χ2v) is 6.51. The minimum Gasteiger partial charge on any atom is -0.306 e. The average Bonchev–Trinajstić information content (AvgIpc) is 3.28. The fraction of sp³-hybridized carbons (Fsp3) is 0.533. The van der Waals surface area contributed by atoms with Gasteiger partial charge in [-0.05, 0) is 61.1 Å². The molecule has 0 amide bonds. The Morgan fingerprint density at radius 1 is 1.05 bits per heavy atom. The first kappa shape index (κ1) is 11.6. The van der Waals surface area contributed by atoms with Crippen molar-refractivity contribution in [1.82, 2.24) is 9.97 Å². The van der Waals surface area contributed by atoms with Crippen LogP contribution in [0.4, 0.5) is 0 Å². The third kappa shape index (κ3) is 2.10. The highest BCUT2D eigenvalue weighted by Gasteiger charge is 2.45. The Balaban J connectivity index is 1.69. The highest BCUT2D eigenvalue weighted by atomic mass is 35.5. The van der Waals surface area contributed by atoms with Gasteiger partial charge < -0.3 is 9.97 Å². The number of imidazole rings is 1. The third-order valence-electron chi connectivity index (χ3n) is 4.53. The summed E-state index contributed by atoms with van der Waals surface area (Å²) in [6.07, 6.45) is 5.36. The molecule has 4 rings (SSSR count). The third-order valence-corrected chi connectivity index (χ3v) is 5.07. The number of halogens is 1. The molecule has 1 aromatic carbocycles. The molecule has 2 N–H and O–H groups in total. The topological polar surface area (TPSA) is 48.6 Å². The number of alkyl halides is 1. The Hall–Kier alpha value is -1.22. The number of aromatic amines is 2. The van der Waals surface area contributed by atoms with Gasteiger partial charge in [0.15, 0.2) is 0 Å². The van der Waals surface area contributed by atoms with Gasteiger partial charge in [0.1, 0.15) is 0 Å². The Morgan fingerprint density at radius 2 is 1.68 bits per heavy atom. The molecule has 1 atom stereocenters. The van der Waals surface area contributed by atoms with Crippen molar-refractivity contribution in [3.8, 4) is 0 Å². The van der Waals surface area contributed by atoms with Crippen LogP contribution in [-0.4, -0.2) is 9.97 Å². The summed E-state index contributed by atoms with van der Waals surface area (Å²) in [5.41, 5.74) is 2.71. The van der Waals surface area contributed by atoms with E-state index in [0.29, 0.717) is 5.92 Å². The van der Waals surface area contributed by atoms with E-state index in [9.17, 15) is 4.79 Å². The van der Waals surface area contributed by atoms with Crippen molar-refractivity contribution in [1.29, 1.82) is 0 Å². The first-order valence-corrected chi connectivity index (χ1v) is 7.52. The zero-order valence-corrected chi connectivity index (χ0v) is 11.4. The first-order valence-electron chi connectivity index (χ1n) is 7.08. The fourth-order valence-corrected chi connectivity index (χ4v) is 3.82. The summed E-state index contributed by atoms with van der Waals surface area (Å²) < 4.78 is 0. The average molecular weight is 277 g/mol. The van der Waals surface area contributed by atoms with Crippen LogP contribution in [0.25, 0.3) is 11.0 Å². The minimum absolute atomic E-state index is 0.0859. The summed E-state index contributed by atoms with van der Waals surface area (Å²) in [5.74, 6) is 2.29. The zero-order chi connectivity index (χ0) is 13.0. The Morgan fingerprint density at radius 3 is 2.32 bits per heavy atom. The molecular weight excluding hydrogens is 260 g/mol. The predicted molar refractivity (Wildman–Crippen MR) is 76.5 cm³/mol. The molecule has 2 aromatic rings. The van der Waals surface area contributed by atoms with Crippen molar-refractivity contribution in [3.63, 3.8) is 0 Å². The van der Waals surface area contributed by atoms with Crippen LogP contribution < -0.4 is 5.69 Å². The molecule has 100 valence electrons. The number of aromatic nitrogens is 2. The Labute approximate surface area is 116 Å². The maximum absolute atomic E-state index is 11.3. The highest BCUT2D eigenvalue weighted by molar-refractivity contribution is 6.21. The van der Waals surface area contributed by atoms with Crippen LogP contribution >= 0.6 is 11.6 Å². The molecule has 2 saturated carbocycles. The van der Waals surface area contributed by atoms with E-state index in [-0.39, 0.29) is 11.1 Å². The summed E-state index contributed by atoms with van der Waals surface area (Å²) in [6.45, 7) is 0. The molecule has 0 spiro atoms. The Kier molecular flexibility index (Phi) is 2.52. The summed E-state index contributed by atoms with van der Waals surface area (Å²) in [5, 5.41) is 0.0859. The number of hydrogen-bond acceptors (Lipinski definition) is 1. The fourth-order valence-electron chi connectivity index (χ4n) is 3.27. The van der Waals surface area contributed by atoms with Crippen LogP contribution in [0.2, 0.25) is 0 Å². The lowest BCUT2D eigenvalue weighted by Gasteiger charge is -2.22. The number of benzene rings is 1. The molecule has 0 radical (unpaired) electrons. The van der Waals surface area contributed by atoms with Crippen LogP contribution in [0.1, 0.15) is 36.6 Å². The van der Waals surface area contributed by atoms with Crippen molar-refractivity contribution in [3.05, 3.63) is 34.2 Å². The maximum atomic E-state index is 11.3. The maximum Gasteiger partial charge on any atom is 0.323 e. The normalized spacial score (nSPS) is 21.2. The highest BCUT2D eigenvalue weighted by Crippen LogP contribution is 2.55. The van der Waals surface area contributed by atoms with Crippen molar-refractivity contribution < 1.29 is 0 Å². The second kappa shape index (κ2) is 4.14. The molecule has 4 heteroatoms. The molecule has 3 nitrogen and oxygen atoms in total. The quantitative estimate of drug-likeness (QED) is 0.824. The smallest absolute Gasteiger partial charge is 0.306 e. The van der Waals surface area contributed by atoms with Crippen molar-refractivity contribution in [2.45, 2.75) is 31.1 Å². The van der Waals surface area contributed by atoms with Gasteiger partial charge >= 0.3 is 5.69 Å². The SMILES string of the molecule is O=c1[nH]c2ccc(C(Cl)C(C3CC3)C3CC3)cc2[nH]1. The molecule has 19 heavy (non-hydrogen) atoms. The van der Waals surface area contributed by atoms with Crippen LogP contribution in [-0.2, 0) is 0 Å². The molecule has 0 saturated heterocycles. The standard InChI is InChI=1S/C15H17ClN2O/c16-14(13(8-1-2-8)9-3-4-9)10-5-6-11-12(7-10)18-15(19)17-11/h5-9,13-14H,1-4H2,(H2,17,18,19). The molecule has 1 aromatic heterocycles. The van der Waals surface area contributed by atoms with Gasteiger partial charge in [-0.15, -0.1) is 11.6 Å². The Bertz CT molecular complexity index is 654. The molecule has 1 heterocycles. The van der Waals surface area contributed by atoms with Crippen LogP contribution in [0.5, 0.6) is 0 Å². The van der Waals surface area contributed by atoms with E-state index in [0.717, 1.165) is 28.4 Å². The second-order valence-electron chi connectivity index (χ2n) is 6.04. The van der Waals surface area contributed by atoms with Gasteiger partial charge in [0.25, 0.3) is 0 Å². The number of H-pyrrole nitrogens is 2. The predicted octanol–water partition coefficient (Wildman–Crippen LogP) is 3.57. The van der Waals surface area contributed by atoms with Crippen LogP contribution in [0, 0.1) is 17.8 Å². The molecule has 0 bridgehead atoms. The summed E-state index contributed by atoms with van der Waals surface area (Å²) in [4.78, 5) is 16.9. The van der Waals surface area contributed by atoms with E-state index in [1.807, 2.05) is 12.1 Å².